The van der Waals surface area contributed by atoms with Crippen LogP contribution in [0.1, 0.15) is 17.4 Å². The minimum atomic E-state index is -0.497. The number of halogens is 1. The van der Waals surface area contributed by atoms with E-state index in [0.29, 0.717) is 12.2 Å². The van der Waals surface area contributed by atoms with Crippen LogP contribution in [0.15, 0.2) is 30.5 Å². The van der Waals surface area contributed by atoms with Crippen LogP contribution in [0.25, 0.3) is 5.69 Å². The molecule has 0 fully saturated rings. The Kier molecular flexibility index (Phi) is 6.17. The average Bonchev–Trinajstić information content (AvgIpc) is 3.02. The van der Waals surface area contributed by atoms with Gasteiger partial charge in [0.05, 0.1) is 16.8 Å². The molecule has 124 valence electrons. The Morgan fingerprint density at radius 1 is 1.52 bits per heavy atom. The molecule has 0 aliphatic rings. The summed E-state index contributed by atoms with van der Waals surface area (Å²) >= 11 is 0. The van der Waals surface area contributed by atoms with E-state index in [0.717, 1.165) is 0 Å². The zero-order valence-corrected chi connectivity index (χ0v) is 13.4. The van der Waals surface area contributed by atoms with Crippen LogP contribution in [0.5, 0.6) is 0 Å². The molecule has 2 aromatic rings. The summed E-state index contributed by atoms with van der Waals surface area (Å²) in [6.07, 6.45) is 1.43. The van der Waals surface area contributed by atoms with Crippen LogP contribution < -0.4 is 5.73 Å². The fraction of sp³-hybridized carbons (Fsp3) is 0.308. The number of likely N-dealkylation sites (N-methyl/N-ethyl adjacent to an activating group) is 1. The largest absolute Gasteiger partial charge is 0.336 e. The summed E-state index contributed by atoms with van der Waals surface area (Å²) in [5.74, 6) is -0.311. The number of hydrogen-bond acceptors (Lipinski definition) is 6. The van der Waals surface area contributed by atoms with Crippen molar-refractivity contribution in [1.82, 2.24) is 19.9 Å². The van der Waals surface area contributed by atoms with Gasteiger partial charge in [-0.1, -0.05) is 11.3 Å². The summed E-state index contributed by atoms with van der Waals surface area (Å²) < 4.78 is 1.32. The first-order valence-corrected chi connectivity index (χ1v) is 6.58. The maximum Gasteiger partial charge on any atom is 0.276 e. The Bertz CT molecular complexity index is 705. The molecule has 0 saturated carbocycles. The molecule has 1 amide bonds. The van der Waals surface area contributed by atoms with Gasteiger partial charge in [-0.05, 0) is 13.0 Å². The van der Waals surface area contributed by atoms with Gasteiger partial charge in [0.15, 0.2) is 5.69 Å². The molecule has 1 aromatic heterocycles. The first-order chi connectivity index (χ1) is 10.4. The van der Waals surface area contributed by atoms with Crippen LogP contribution in [0, 0.1) is 10.1 Å². The van der Waals surface area contributed by atoms with E-state index in [9.17, 15) is 14.9 Å². The number of rotatable bonds is 5. The van der Waals surface area contributed by atoms with Crippen molar-refractivity contribution in [3.05, 3.63) is 46.3 Å². The van der Waals surface area contributed by atoms with Gasteiger partial charge in [-0.15, -0.1) is 17.5 Å². The smallest absolute Gasteiger partial charge is 0.276 e. The monoisotopic (exact) mass is 340 g/mol. The zero-order chi connectivity index (χ0) is 16.3. The number of nitro groups is 1. The van der Waals surface area contributed by atoms with Crippen LogP contribution in [-0.4, -0.2) is 50.4 Å². The SMILES string of the molecule is CC(CN)N(C)C(=O)c1cn(-c2cccc([N+](=O)[O-])c2)nn1.Cl. The second-order valence-corrected chi connectivity index (χ2v) is 4.83. The zero-order valence-electron chi connectivity index (χ0n) is 12.6. The van der Waals surface area contributed by atoms with E-state index in [2.05, 4.69) is 10.3 Å². The molecule has 0 radical (unpaired) electrons. The fourth-order valence-electron chi connectivity index (χ4n) is 1.78. The summed E-state index contributed by atoms with van der Waals surface area (Å²) in [6, 6.07) is 5.79. The van der Waals surface area contributed by atoms with Gasteiger partial charge in [0.2, 0.25) is 0 Å². The topological polar surface area (TPSA) is 120 Å². The molecule has 0 spiro atoms. The van der Waals surface area contributed by atoms with Crippen LogP contribution >= 0.6 is 12.4 Å². The molecule has 1 aromatic carbocycles. The molecule has 1 atom stereocenters. The summed E-state index contributed by atoms with van der Waals surface area (Å²) in [6.45, 7) is 2.16. The Hall–Kier alpha value is -2.52. The molecule has 0 aliphatic carbocycles. The van der Waals surface area contributed by atoms with Crippen molar-refractivity contribution in [2.75, 3.05) is 13.6 Å². The van der Waals surface area contributed by atoms with Gasteiger partial charge in [-0.3, -0.25) is 14.9 Å². The second kappa shape index (κ2) is 7.65. The predicted octanol–water partition coefficient (Wildman–Crippen LogP) is 1.02. The van der Waals surface area contributed by atoms with Gasteiger partial charge in [-0.2, -0.15) is 0 Å². The van der Waals surface area contributed by atoms with Gasteiger partial charge >= 0.3 is 0 Å². The highest BCUT2D eigenvalue weighted by Gasteiger charge is 2.20. The van der Waals surface area contributed by atoms with Crippen LogP contribution in [0.2, 0.25) is 0 Å². The lowest BCUT2D eigenvalue weighted by Gasteiger charge is -2.22. The number of amides is 1. The van der Waals surface area contributed by atoms with Crippen molar-refractivity contribution in [3.8, 4) is 5.69 Å². The number of nitro benzene ring substituents is 1. The molecule has 2 N–H and O–H groups in total. The maximum absolute atomic E-state index is 12.2. The summed E-state index contributed by atoms with van der Waals surface area (Å²) in [7, 11) is 1.63. The highest BCUT2D eigenvalue weighted by atomic mass is 35.5. The van der Waals surface area contributed by atoms with Crippen molar-refractivity contribution in [2.24, 2.45) is 5.73 Å². The number of nitrogens with zero attached hydrogens (tertiary/aromatic N) is 5. The van der Waals surface area contributed by atoms with Gasteiger partial charge in [-0.25, -0.2) is 4.68 Å². The molecule has 1 unspecified atom stereocenters. The summed E-state index contributed by atoms with van der Waals surface area (Å²) in [5.41, 5.74) is 6.07. The number of hydrogen-bond donors (Lipinski definition) is 1. The molecule has 0 aliphatic heterocycles. The molecule has 0 saturated heterocycles. The molecule has 10 heteroatoms. The lowest BCUT2D eigenvalue weighted by atomic mass is 10.2. The lowest BCUT2D eigenvalue weighted by Crippen LogP contribution is -2.39. The van der Waals surface area contributed by atoms with Crippen molar-refractivity contribution >= 4 is 24.0 Å². The first kappa shape index (κ1) is 18.5. The maximum atomic E-state index is 12.2. The quantitative estimate of drug-likeness (QED) is 0.640. The van der Waals surface area contributed by atoms with E-state index in [1.54, 1.807) is 19.2 Å². The van der Waals surface area contributed by atoms with E-state index in [4.69, 9.17) is 5.73 Å². The highest BCUT2D eigenvalue weighted by molar-refractivity contribution is 5.92. The molecule has 23 heavy (non-hydrogen) atoms. The standard InChI is InChI=1S/C13H16N6O3.ClH/c1-9(7-14)17(2)13(20)12-8-18(16-15-12)10-4-3-5-11(6-10)19(21)22;/h3-6,8-9H,7,14H2,1-2H3;1H. The Morgan fingerprint density at radius 2 is 2.22 bits per heavy atom. The van der Waals surface area contributed by atoms with E-state index in [-0.39, 0.29) is 35.7 Å². The summed E-state index contributed by atoms with van der Waals surface area (Å²) in [4.78, 5) is 24.0. The summed E-state index contributed by atoms with van der Waals surface area (Å²) in [5, 5.41) is 18.4. The number of benzene rings is 1. The molecule has 0 bridgehead atoms. The van der Waals surface area contributed by atoms with E-state index in [1.165, 1.54) is 27.9 Å². The molecular weight excluding hydrogens is 324 g/mol. The number of carbonyl (C=O) groups is 1. The lowest BCUT2D eigenvalue weighted by molar-refractivity contribution is -0.384. The molecule has 9 nitrogen and oxygen atoms in total. The fourth-order valence-corrected chi connectivity index (χ4v) is 1.78. The van der Waals surface area contributed by atoms with Gasteiger partial charge in [0.1, 0.15) is 0 Å². The van der Waals surface area contributed by atoms with Crippen LogP contribution in [0.4, 0.5) is 5.69 Å². The molecular formula is C13H17ClN6O3. The van der Waals surface area contributed by atoms with E-state index >= 15 is 0 Å². The van der Waals surface area contributed by atoms with E-state index < -0.39 is 4.92 Å². The Morgan fingerprint density at radius 3 is 2.83 bits per heavy atom. The number of carbonyl (C=O) groups excluding carboxylic acids is 1. The highest BCUT2D eigenvalue weighted by Crippen LogP contribution is 2.16. The van der Waals surface area contributed by atoms with Gasteiger partial charge in [0, 0.05) is 31.8 Å². The number of non-ortho nitro benzene ring substituents is 1. The molecule has 2 rings (SSSR count). The third kappa shape index (κ3) is 4.02. The van der Waals surface area contributed by atoms with E-state index in [1.807, 2.05) is 6.92 Å². The van der Waals surface area contributed by atoms with Crippen molar-refractivity contribution < 1.29 is 9.72 Å². The predicted molar refractivity (Wildman–Crippen MR) is 85.9 cm³/mol. The average molecular weight is 341 g/mol. The third-order valence-corrected chi connectivity index (χ3v) is 3.34. The Balaban J connectivity index is 0.00000264. The Labute approximate surface area is 138 Å². The van der Waals surface area contributed by atoms with Crippen molar-refractivity contribution in [2.45, 2.75) is 13.0 Å². The number of aromatic nitrogens is 3. The van der Waals surface area contributed by atoms with Crippen LogP contribution in [-0.2, 0) is 0 Å². The first-order valence-electron chi connectivity index (χ1n) is 6.58. The normalized spacial score (nSPS) is 11.4. The third-order valence-electron chi connectivity index (χ3n) is 3.34. The van der Waals surface area contributed by atoms with Gasteiger partial charge < -0.3 is 10.6 Å². The van der Waals surface area contributed by atoms with Gasteiger partial charge in [0.25, 0.3) is 11.6 Å². The van der Waals surface area contributed by atoms with Crippen molar-refractivity contribution in [1.29, 1.82) is 0 Å². The molecule has 1 heterocycles. The minimum absolute atomic E-state index is 0. The van der Waals surface area contributed by atoms with Crippen molar-refractivity contribution in [3.63, 3.8) is 0 Å². The minimum Gasteiger partial charge on any atom is -0.336 e. The second-order valence-electron chi connectivity index (χ2n) is 4.83. The van der Waals surface area contributed by atoms with Crippen LogP contribution in [0.3, 0.4) is 0 Å². The number of nitrogens with two attached hydrogens (primary N) is 1.